The molecule has 5 heteroatoms. The summed E-state index contributed by atoms with van der Waals surface area (Å²) in [4.78, 5) is 25.7. The SMILES string of the molecule is CN1CC(C)(CC[C@H]2CC(=O)N2C)OC1=O. The first-order valence-corrected chi connectivity index (χ1v) is 5.61. The number of carbonyl (C=O) groups excluding carboxylic acids is 2. The maximum atomic E-state index is 11.3. The van der Waals surface area contributed by atoms with Gasteiger partial charge in [-0.15, -0.1) is 0 Å². The second kappa shape index (κ2) is 3.64. The summed E-state index contributed by atoms with van der Waals surface area (Å²) in [6.45, 7) is 2.59. The molecule has 0 radical (unpaired) electrons. The van der Waals surface area contributed by atoms with Gasteiger partial charge in [0, 0.05) is 26.6 Å². The van der Waals surface area contributed by atoms with Crippen molar-refractivity contribution in [1.82, 2.24) is 9.80 Å². The van der Waals surface area contributed by atoms with Crippen LogP contribution in [0.2, 0.25) is 0 Å². The smallest absolute Gasteiger partial charge is 0.410 e. The normalized spacial score (nSPS) is 34.1. The second-order valence-corrected chi connectivity index (χ2v) is 5.08. The van der Waals surface area contributed by atoms with Gasteiger partial charge in [0.25, 0.3) is 0 Å². The number of β-lactam (4-membered cyclic amide) rings is 1. The minimum Gasteiger partial charge on any atom is -0.441 e. The summed E-state index contributed by atoms with van der Waals surface area (Å²) in [6.07, 6.45) is 2.10. The molecular formula is C11H18N2O3. The van der Waals surface area contributed by atoms with Crippen molar-refractivity contribution in [3.05, 3.63) is 0 Å². The largest absolute Gasteiger partial charge is 0.441 e. The number of rotatable bonds is 3. The number of nitrogens with zero attached hydrogens (tertiary/aromatic N) is 2. The maximum Gasteiger partial charge on any atom is 0.410 e. The van der Waals surface area contributed by atoms with Crippen molar-refractivity contribution >= 4 is 12.0 Å². The van der Waals surface area contributed by atoms with Crippen molar-refractivity contribution in [3.63, 3.8) is 0 Å². The van der Waals surface area contributed by atoms with Gasteiger partial charge >= 0.3 is 6.09 Å². The van der Waals surface area contributed by atoms with Crippen molar-refractivity contribution < 1.29 is 14.3 Å². The Labute approximate surface area is 95.3 Å². The lowest BCUT2D eigenvalue weighted by atomic mass is 9.91. The Morgan fingerprint density at radius 3 is 2.56 bits per heavy atom. The number of likely N-dealkylation sites (N-methyl/N-ethyl adjacent to an activating group) is 1. The average Bonchev–Trinajstić information content (AvgIpc) is 2.47. The van der Waals surface area contributed by atoms with E-state index in [4.69, 9.17) is 4.74 Å². The van der Waals surface area contributed by atoms with Gasteiger partial charge in [-0.05, 0) is 19.8 Å². The van der Waals surface area contributed by atoms with Crippen LogP contribution in [0, 0.1) is 0 Å². The zero-order chi connectivity index (χ0) is 11.9. The Balaban J connectivity index is 1.82. The quantitative estimate of drug-likeness (QED) is 0.670. The molecule has 0 saturated carbocycles. The van der Waals surface area contributed by atoms with E-state index in [2.05, 4.69) is 0 Å². The van der Waals surface area contributed by atoms with E-state index in [1.807, 2.05) is 14.0 Å². The van der Waals surface area contributed by atoms with E-state index in [1.165, 1.54) is 0 Å². The Hall–Kier alpha value is -1.26. The van der Waals surface area contributed by atoms with Crippen molar-refractivity contribution in [2.75, 3.05) is 20.6 Å². The minimum absolute atomic E-state index is 0.204. The number of carbonyl (C=O) groups is 2. The van der Waals surface area contributed by atoms with Gasteiger partial charge in [0.05, 0.1) is 6.54 Å². The number of hydrogen-bond acceptors (Lipinski definition) is 3. The molecule has 2 amide bonds. The highest BCUT2D eigenvalue weighted by Gasteiger charge is 2.41. The predicted octanol–water partition coefficient (Wildman–Crippen LogP) is 0.838. The molecule has 0 spiro atoms. The fraction of sp³-hybridized carbons (Fsp3) is 0.818. The van der Waals surface area contributed by atoms with Gasteiger partial charge in [-0.3, -0.25) is 4.79 Å². The monoisotopic (exact) mass is 226 g/mol. The van der Waals surface area contributed by atoms with E-state index in [-0.39, 0.29) is 17.6 Å². The van der Waals surface area contributed by atoms with Crippen LogP contribution >= 0.6 is 0 Å². The van der Waals surface area contributed by atoms with E-state index < -0.39 is 0 Å². The lowest BCUT2D eigenvalue weighted by Gasteiger charge is -2.38. The third kappa shape index (κ3) is 1.86. The Kier molecular flexibility index (Phi) is 2.56. The molecule has 0 aromatic heterocycles. The Morgan fingerprint density at radius 2 is 2.12 bits per heavy atom. The molecule has 0 aromatic carbocycles. The highest BCUT2D eigenvalue weighted by molar-refractivity contribution is 5.82. The van der Waals surface area contributed by atoms with Gasteiger partial charge in [-0.1, -0.05) is 0 Å². The third-order valence-electron chi connectivity index (χ3n) is 3.57. The molecule has 0 N–H and O–H groups in total. The van der Waals surface area contributed by atoms with E-state index in [0.29, 0.717) is 19.0 Å². The van der Waals surface area contributed by atoms with Crippen molar-refractivity contribution in [1.29, 1.82) is 0 Å². The molecule has 2 heterocycles. The van der Waals surface area contributed by atoms with Crippen molar-refractivity contribution in [3.8, 4) is 0 Å². The first kappa shape index (κ1) is 11.2. The average molecular weight is 226 g/mol. The van der Waals surface area contributed by atoms with Crippen LogP contribution in [-0.2, 0) is 9.53 Å². The minimum atomic E-state index is -0.384. The van der Waals surface area contributed by atoms with E-state index in [9.17, 15) is 9.59 Å². The molecule has 0 bridgehead atoms. The second-order valence-electron chi connectivity index (χ2n) is 5.08. The molecule has 90 valence electrons. The third-order valence-corrected chi connectivity index (χ3v) is 3.57. The van der Waals surface area contributed by atoms with Crippen LogP contribution in [-0.4, -0.2) is 54.1 Å². The van der Waals surface area contributed by atoms with Crippen LogP contribution in [0.25, 0.3) is 0 Å². The fourth-order valence-corrected chi connectivity index (χ4v) is 2.36. The zero-order valence-electron chi connectivity index (χ0n) is 10.0. The first-order valence-electron chi connectivity index (χ1n) is 5.61. The molecule has 1 unspecified atom stereocenters. The predicted molar refractivity (Wildman–Crippen MR) is 57.9 cm³/mol. The van der Waals surface area contributed by atoms with Crippen molar-refractivity contribution in [2.45, 2.75) is 37.8 Å². The van der Waals surface area contributed by atoms with Gasteiger partial charge in [0.15, 0.2) is 0 Å². The molecule has 2 rings (SSSR count). The van der Waals surface area contributed by atoms with Crippen LogP contribution < -0.4 is 0 Å². The summed E-state index contributed by atoms with van der Waals surface area (Å²) < 4.78 is 5.33. The van der Waals surface area contributed by atoms with Gasteiger partial charge in [-0.2, -0.15) is 0 Å². The summed E-state index contributed by atoms with van der Waals surface area (Å²) in [7, 11) is 3.57. The lowest BCUT2D eigenvalue weighted by Crippen LogP contribution is -2.50. The fourth-order valence-electron chi connectivity index (χ4n) is 2.36. The van der Waals surface area contributed by atoms with Crippen LogP contribution in [0.1, 0.15) is 26.2 Å². The zero-order valence-corrected chi connectivity index (χ0v) is 10.0. The number of ether oxygens (including phenoxy) is 1. The molecule has 0 aliphatic carbocycles. The van der Waals surface area contributed by atoms with Crippen LogP contribution in [0.15, 0.2) is 0 Å². The van der Waals surface area contributed by atoms with Crippen LogP contribution in [0.5, 0.6) is 0 Å². The van der Waals surface area contributed by atoms with Gasteiger partial charge in [0.1, 0.15) is 5.60 Å². The molecule has 2 saturated heterocycles. The van der Waals surface area contributed by atoms with Gasteiger partial charge < -0.3 is 14.5 Å². The molecule has 2 aliphatic rings. The molecular weight excluding hydrogens is 208 g/mol. The maximum absolute atomic E-state index is 11.3. The summed E-state index contributed by atoms with van der Waals surface area (Å²) in [6, 6.07) is 0.328. The molecule has 2 fully saturated rings. The first-order chi connectivity index (χ1) is 7.41. The van der Waals surface area contributed by atoms with Gasteiger partial charge in [0.2, 0.25) is 5.91 Å². The van der Waals surface area contributed by atoms with Crippen molar-refractivity contribution in [2.24, 2.45) is 0 Å². The van der Waals surface area contributed by atoms with Crippen LogP contribution in [0.4, 0.5) is 4.79 Å². The summed E-state index contributed by atoms with van der Waals surface area (Å²) in [5, 5.41) is 0. The number of cyclic esters (lactones) is 1. The van der Waals surface area contributed by atoms with E-state index >= 15 is 0 Å². The Bertz CT molecular complexity index is 331. The highest BCUT2D eigenvalue weighted by atomic mass is 16.6. The van der Waals surface area contributed by atoms with Crippen LogP contribution in [0.3, 0.4) is 0 Å². The Morgan fingerprint density at radius 1 is 1.44 bits per heavy atom. The van der Waals surface area contributed by atoms with E-state index in [0.717, 1.165) is 12.8 Å². The highest BCUT2D eigenvalue weighted by Crippen LogP contribution is 2.30. The molecule has 5 nitrogen and oxygen atoms in total. The molecule has 2 atom stereocenters. The summed E-state index contributed by atoms with van der Waals surface area (Å²) in [5.41, 5.74) is -0.384. The number of amides is 2. The number of hydrogen-bond donors (Lipinski definition) is 0. The molecule has 16 heavy (non-hydrogen) atoms. The number of likely N-dealkylation sites (tertiary alicyclic amines) is 1. The topological polar surface area (TPSA) is 49.9 Å². The summed E-state index contributed by atoms with van der Waals surface area (Å²) in [5.74, 6) is 0.204. The summed E-state index contributed by atoms with van der Waals surface area (Å²) >= 11 is 0. The molecule has 0 aromatic rings. The standard InChI is InChI=1S/C11H18N2O3/c1-11(7-12(2)10(15)16-11)5-4-8-6-9(14)13(8)3/h8H,4-7H2,1-3H3/t8-,11?/m0/s1. The van der Waals surface area contributed by atoms with Gasteiger partial charge in [-0.25, -0.2) is 4.79 Å². The molecule has 2 aliphatic heterocycles. The van der Waals surface area contributed by atoms with E-state index in [1.54, 1.807) is 16.8 Å². The lowest BCUT2D eigenvalue weighted by molar-refractivity contribution is -0.144.